The predicted octanol–water partition coefficient (Wildman–Crippen LogP) is 6.81. The lowest BCUT2D eigenvalue weighted by atomic mass is 9.83. The maximum absolute atomic E-state index is 17.0. The number of likely N-dealkylation sites (tertiary alicyclic amines) is 1. The van der Waals surface area contributed by atoms with Gasteiger partial charge in [0.2, 0.25) is 0 Å². The second kappa shape index (κ2) is 13.6. The molecule has 3 aromatic heterocycles. The summed E-state index contributed by atoms with van der Waals surface area (Å²) in [6, 6.07) is 4.86. The van der Waals surface area contributed by atoms with Crippen LogP contribution in [0.1, 0.15) is 61.1 Å². The van der Waals surface area contributed by atoms with Crippen molar-refractivity contribution < 1.29 is 22.7 Å². The summed E-state index contributed by atoms with van der Waals surface area (Å²) in [6.45, 7) is 3.49. The van der Waals surface area contributed by atoms with E-state index in [-0.39, 0.29) is 35.8 Å². The van der Waals surface area contributed by atoms with Crippen LogP contribution < -0.4 is 9.64 Å². The number of carbonyl (C=O) groups is 1. The minimum atomic E-state index is -0.941. The molecule has 13 heteroatoms. The number of likely N-dealkylation sites (N-methyl/N-ethyl adjacent to an activating group) is 1. The first-order valence-electron chi connectivity index (χ1n) is 17.6. The number of pyridine rings is 1. The molecule has 5 atom stereocenters. The summed E-state index contributed by atoms with van der Waals surface area (Å²) in [5, 5.41) is 2.47. The zero-order valence-corrected chi connectivity index (χ0v) is 29.8. The van der Waals surface area contributed by atoms with E-state index >= 15 is 8.78 Å². The molecule has 6 heterocycles. The van der Waals surface area contributed by atoms with Gasteiger partial charge in [0, 0.05) is 67.9 Å². The summed E-state index contributed by atoms with van der Waals surface area (Å²) in [5.41, 5.74) is 2.00. The van der Waals surface area contributed by atoms with E-state index in [4.69, 9.17) is 16.1 Å². The summed E-state index contributed by atoms with van der Waals surface area (Å²) in [6.07, 6.45) is 16.5. The number of benzene rings is 1. The highest BCUT2D eigenvalue weighted by Crippen LogP contribution is 2.42. The number of nitrogens with zero attached hydrogens (tertiary/aromatic N) is 7. The Morgan fingerprint density at radius 2 is 2.13 bits per heavy atom. The Kier molecular flexibility index (Phi) is 8.99. The Morgan fingerprint density at radius 1 is 1.27 bits per heavy atom. The van der Waals surface area contributed by atoms with Crippen LogP contribution in [-0.4, -0.2) is 92.7 Å². The highest BCUT2D eigenvalue weighted by Gasteiger charge is 2.49. The summed E-state index contributed by atoms with van der Waals surface area (Å²) in [4.78, 5) is 36.9. The molecule has 3 fully saturated rings. The maximum Gasteiger partial charge on any atom is 0.319 e. The third-order valence-electron chi connectivity index (χ3n) is 11.2. The van der Waals surface area contributed by atoms with Gasteiger partial charge in [-0.25, -0.2) is 18.2 Å². The first-order chi connectivity index (χ1) is 25.2. The normalized spacial score (nSPS) is 25.7. The smallest absolute Gasteiger partial charge is 0.319 e. The van der Waals surface area contributed by atoms with Gasteiger partial charge >= 0.3 is 6.01 Å². The molecule has 4 unspecified atom stereocenters. The van der Waals surface area contributed by atoms with E-state index in [0.29, 0.717) is 54.1 Å². The van der Waals surface area contributed by atoms with Crippen LogP contribution in [0, 0.1) is 18.2 Å². The molecule has 9 nitrogen and oxygen atoms in total. The molecule has 8 rings (SSSR count). The molecular weight excluding hydrogens is 688 g/mol. The Hall–Kier alpha value is -4.80. The van der Waals surface area contributed by atoms with Gasteiger partial charge in [-0.2, -0.15) is 9.97 Å². The van der Waals surface area contributed by atoms with Crippen molar-refractivity contribution in [3.8, 4) is 29.6 Å². The molecule has 1 aliphatic carbocycles. The third-order valence-corrected chi connectivity index (χ3v) is 11.9. The monoisotopic (exact) mass is 725 g/mol. The number of rotatable bonds is 8. The number of aromatic nitrogens is 4. The molecule has 4 aliphatic rings. The minimum absolute atomic E-state index is 0.0182. The van der Waals surface area contributed by atoms with Gasteiger partial charge in [-0.05, 0) is 50.3 Å². The molecule has 0 spiro atoms. The van der Waals surface area contributed by atoms with Crippen molar-refractivity contribution in [2.75, 3.05) is 38.2 Å². The van der Waals surface area contributed by atoms with E-state index < -0.39 is 35.3 Å². The number of hydrogen-bond donors (Lipinski definition) is 0. The van der Waals surface area contributed by atoms with Crippen molar-refractivity contribution in [3.05, 3.63) is 69.8 Å². The van der Waals surface area contributed by atoms with Crippen LogP contribution in [0.4, 0.5) is 19.0 Å². The van der Waals surface area contributed by atoms with Gasteiger partial charge in [-0.3, -0.25) is 14.7 Å². The van der Waals surface area contributed by atoms with Gasteiger partial charge in [0.1, 0.15) is 34.8 Å². The largest absolute Gasteiger partial charge is 0.461 e. The molecule has 1 amide bonds. The number of anilines is 1. The van der Waals surface area contributed by atoms with E-state index in [1.165, 1.54) is 16.2 Å². The topological polar surface area (TPSA) is 87.6 Å². The van der Waals surface area contributed by atoms with Gasteiger partial charge in [0.15, 0.2) is 11.6 Å². The SMILES string of the molecule is C#CC1CC=Cc2cccc(-c3ncc4c(N(C)C5CCN(C(=O)/C(F)=C/c6nccs6)C5C)nc(OC[C@@]56CCCN5CC(F)C6)nc4c3F)c21. The number of ether oxygens (including phenoxy) is 1. The lowest BCUT2D eigenvalue weighted by molar-refractivity contribution is -0.129. The van der Waals surface area contributed by atoms with E-state index in [9.17, 15) is 9.18 Å². The molecule has 4 aromatic rings. The summed E-state index contributed by atoms with van der Waals surface area (Å²) in [5.74, 6) is 0.711. The van der Waals surface area contributed by atoms with E-state index in [1.807, 2.05) is 49.2 Å². The summed E-state index contributed by atoms with van der Waals surface area (Å²) >= 11 is 1.24. The van der Waals surface area contributed by atoms with Crippen LogP contribution in [0.15, 0.2) is 47.9 Å². The van der Waals surface area contributed by atoms with Crippen LogP contribution in [0.5, 0.6) is 6.01 Å². The fraction of sp³-hybridized carbons (Fsp3) is 0.410. The number of thiazole rings is 1. The molecule has 0 radical (unpaired) electrons. The quantitative estimate of drug-likeness (QED) is 0.145. The van der Waals surface area contributed by atoms with Crippen LogP contribution in [0.25, 0.3) is 34.3 Å². The molecule has 3 saturated heterocycles. The fourth-order valence-corrected chi connectivity index (χ4v) is 9.17. The number of allylic oxidation sites excluding steroid dienone is 1. The summed E-state index contributed by atoms with van der Waals surface area (Å²) in [7, 11) is 1.81. The molecule has 0 saturated carbocycles. The van der Waals surface area contributed by atoms with Crippen LogP contribution in [0.3, 0.4) is 0 Å². The Morgan fingerprint density at radius 3 is 2.94 bits per heavy atom. The highest BCUT2D eigenvalue weighted by molar-refractivity contribution is 7.10. The minimum Gasteiger partial charge on any atom is -0.461 e. The molecule has 52 heavy (non-hydrogen) atoms. The number of alkyl halides is 1. The van der Waals surface area contributed by atoms with Crippen LogP contribution in [0.2, 0.25) is 0 Å². The second-order valence-electron chi connectivity index (χ2n) is 14.1. The molecular formula is C39H38F3N7O2S. The first kappa shape index (κ1) is 34.3. The van der Waals surface area contributed by atoms with Crippen molar-refractivity contribution >= 4 is 46.1 Å². The van der Waals surface area contributed by atoms with Gasteiger partial charge in [-0.1, -0.05) is 36.3 Å². The molecule has 268 valence electrons. The maximum atomic E-state index is 17.0. The molecule has 0 N–H and O–H groups in total. The third kappa shape index (κ3) is 5.91. The average molecular weight is 726 g/mol. The van der Waals surface area contributed by atoms with Crippen LogP contribution in [-0.2, 0) is 4.79 Å². The highest BCUT2D eigenvalue weighted by atomic mass is 32.1. The second-order valence-corrected chi connectivity index (χ2v) is 15.0. The Balaban J connectivity index is 1.17. The van der Waals surface area contributed by atoms with Gasteiger partial charge < -0.3 is 14.5 Å². The standard InChI is InChI=1S/C39H38F3N7O2S/c1-4-24-8-5-9-25-10-6-11-27(32(24)25)34-33(42)35-28(20-44-34)36(46-38(45-35)51-22-39-13-7-15-48(39)21-26(40)19-39)47(3)30-12-16-49(23(30)2)37(50)29(41)18-31-43-14-17-52-31/h1,5-6,9-11,14,17-18,20,23-24,26,30H,7-8,12-13,15-16,19,21-22H2,2-3H3/b29-18-/t23?,24?,26?,30?,39-/m0/s1. The van der Waals surface area contributed by atoms with Crippen molar-refractivity contribution in [2.45, 2.75) is 68.7 Å². The van der Waals surface area contributed by atoms with E-state index in [2.05, 4.69) is 25.8 Å². The number of amides is 1. The van der Waals surface area contributed by atoms with Crippen molar-refractivity contribution in [2.24, 2.45) is 0 Å². The first-order valence-corrected chi connectivity index (χ1v) is 18.5. The number of terminal acetylenes is 1. The van der Waals surface area contributed by atoms with Gasteiger partial charge in [0.25, 0.3) is 5.91 Å². The molecule has 0 bridgehead atoms. The number of fused-ring (bicyclic) bond motifs is 3. The Labute approximate surface area is 304 Å². The van der Waals surface area contributed by atoms with Crippen molar-refractivity contribution in [1.82, 2.24) is 29.7 Å². The number of halogens is 3. The van der Waals surface area contributed by atoms with E-state index in [0.717, 1.165) is 36.6 Å². The average Bonchev–Trinajstić information content (AvgIpc) is 3.95. The van der Waals surface area contributed by atoms with Crippen LogP contribution >= 0.6 is 11.3 Å². The number of hydrogen-bond acceptors (Lipinski definition) is 9. The van der Waals surface area contributed by atoms with Gasteiger partial charge in [0.05, 0.1) is 17.0 Å². The molecule has 3 aliphatic heterocycles. The predicted molar refractivity (Wildman–Crippen MR) is 196 cm³/mol. The van der Waals surface area contributed by atoms with E-state index in [1.54, 1.807) is 17.8 Å². The Bertz CT molecular complexity index is 2140. The lowest BCUT2D eigenvalue weighted by Crippen LogP contribution is -2.44. The number of carbonyl (C=O) groups excluding carboxylic acids is 1. The van der Waals surface area contributed by atoms with Crippen molar-refractivity contribution in [1.29, 1.82) is 0 Å². The summed E-state index contributed by atoms with van der Waals surface area (Å²) < 4.78 is 53.0. The zero-order valence-electron chi connectivity index (χ0n) is 28.9. The fourth-order valence-electron chi connectivity index (χ4n) is 8.61. The van der Waals surface area contributed by atoms with Crippen molar-refractivity contribution in [3.63, 3.8) is 0 Å². The molecule has 1 aromatic carbocycles. The van der Waals surface area contributed by atoms with Gasteiger partial charge in [-0.15, -0.1) is 17.8 Å². The zero-order chi connectivity index (χ0) is 36.1. The lowest BCUT2D eigenvalue weighted by Gasteiger charge is -2.33.